The molecule has 0 unspecified atom stereocenters. The van der Waals surface area contributed by atoms with Crippen LogP contribution in [0, 0.1) is 0 Å². The Morgan fingerprint density at radius 1 is 0.955 bits per heavy atom. The van der Waals surface area contributed by atoms with Crippen LogP contribution >= 0.6 is 0 Å². The molecule has 0 atom stereocenters. The number of phenols is 1. The lowest BCUT2D eigenvalue weighted by molar-refractivity contribution is 0.305. The van der Waals surface area contributed by atoms with E-state index in [2.05, 4.69) is 12.6 Å². The third kappa shape index (κ3) is 4.96. The topological polar surface area (TPSA) is 29.5 Å². The molecule has 0 saturated carbocycles. The third-order valence-electron chi connectivity index (χ3n) is 3.70. The Morgan fingerprint density at radius 3 is 2.55 bits per heavy atom. The summed E-state index contributed by atoms with van der Waals surface area (Å²) < 4.78 is 5.69. The summed E-state index contributed by atoms with van der Waals surface area (Å²) in [7, 11) is 0. The van der Waals surface area contributed by atoms with E-state index in [1.54, 1.807) is 6.07 Å². The SMILES string of the molecule is C=CCc1c(O)cccc1CCCCCOc1ccccc1. The largest absolute Gasteiger partial charge is 0.508 e. The molecule has 0 aliphatic rings. The highest BCUT2D eigenvalue weighted by Crippen LogP contribution is 2.23. The second kappa shape index (κ2) is 8.93. The summed E-state index contributed by atoms with van der Waals surface area (Å²) in [5.74, 6) is 1.31. The molecule has 0 bridgehead atoms. The van der Waals surface area contributed by atoms with Gasteiger partial charge in [-0.05, 0) is 55.9 Å². The molecule has 0 saturated heterocycles. The van der Waals surface area contributed by atoms with Gasteiger partial charge in [-0.15, -0.1) is 6.58 Å². The molecule has 2 heteroatoms. The molecular weight excluding hydrogens is 272 g/mol. The zero-order chi connectivity index (χ0) is 15.6. The lowest BCUT2D eigenvalue weighted by Gasteiger charge is -2.10. The minimum absolute atomic E-state index is 0.379. The normalized spacial score (nSPS) is 10.4. The van der Waals surface area contributed by atoms with E-state index in [0.29, 0.717) is 5.75 Å². The van der Waals surface area contributed by atoms with E-state index in [4.69, 9.17) is 4.74 Å². The summed E-state index contributed by atoms with van der Waals surface area (Å²) in [6.07, 6.45) is 6.82. The number of benzene rings is 2. The predicted octanol–water partition coefficient (Wildman–Crippen LogP) is 4.91. The van der Waals surface area contributed by atoms with E-state index < -0.39 is 0 Å². The summed E-state index contributed by atoms with van der Waals surface area (Å²) in [5, 5.41) is 9.92. The fourth-order valence-electron chi connectivity index (χ4n) is 2.54. The molecule has 2 rings (SSSR count). The van der Waals surface area contributed by atoms with Gasteiger partial charge >= 0.3 is 0 Å². The van der Waals surface area contributed by atoms with Gasteiger partial charge in [0.05, 0.1) is 6.61 Å². The first-order chi connectivity index (χ1) is 10.8. The Labute approximate surface area is 133 Å². The van der Waals surface area contributed by atoms with E-state index in [9.17, 15) is 5.11 Å². The number of hydrogen-bond donors (Lipinski definition) is 1. The molecule has 0 amide bonds. The third-order valence-corrected chi connectivity index (χ3v) is 3.70. The van der Waals surface area contributed by atoms with Gasteiger partial charge in [-0.2, -0.15) is 0 Å². The van der Waals surface area contributed by atoms with Gasteiger partial charge in [0.2, 0.25) is 0 Å². The monoisotopic (exact) mass is 296 g/mol. The molecule has 2 aromatic rings. The molecule has 0 fully saturated rings. The maximum atomic E-state index is 9.92. The summed E-state index contributed by atoms with van der Waals surface area (Å²) in [5.41, 5.74) is 2.24. The number of ether oxygens (including phenoxy) is 1. The van der Waals surface area contributed by atoms with Gasteiger partial charge in [0.1, 0.15) is 11.5 Å². The Kier molecular flexibility index (Phi) is 6.56. The fraction of sp³-hybridized carbons (Fsp3) is 0.300. The highest BCUT2D eigenvalue weighted by atomic mass is 16.5. The lowest BCUT2D eigenvalue weighted by Crippen LogP contribution is -1.98. The number of hydrogen-bond acceptors (Lipinski definition) is 2. The maximum Gasteiger partial charge on any atom is 0.119 e. The van der Waals surface area contributed by atoms with Crippen molar-refractivity contribution < 1.29 is 9.84 Å². The van der Waals surface area contributed by atoms with Gasteiger partial charge in [-0.3, -0.25) is 0 Å². The number of aryl methyl sites for hydroxylation is 1. The summed E-state index contributed by atoms with van der Waals surface area (Å²) in [6, 6.07) is 15.7. The quantitative estimate of drug-likeness (QED) is 0.526. The molecule has 116 valence electrons. The number of allylic oxidation sites excluding steroid dienone is 1. The van der Waals surface area contributed by atoms with E-state index >= 15 is 0 Å². The molecule has 0 aliphatic carbocycles. The Balaban J connectivity index is 1.70. The zero-order valence-corrected chi connectivity index (χ0v) is 13.0. The number of rotatable bonds is 9. The van der Waals surface area contributed by atoms with Crippen molar-refractivity contribution in [2.24, 2.45) is 0 Å². The average Bonchev–Trinajstić information content (AvgIpc) is 2.54. The minimum atomic E-state index is 0.379. The first-order valence-corrected chi connectivity index (χ1v) is 7.89. The molecule has 0 radical (unpaired) electrons. The van der Waals surface area contributed by atoms with Gasteiger partial charge in [-0.1, -0.05) is 36.4 Å². The highest BCUT2D eigenvalue weighted by Gasteiger charge is 2.05. The number of aromatic hydroxyl groups is 1. The van der Waals surface area contributed by atoms with Crippen molar-refractivity contribution in [2.45, 2.75) is 32.1 Å². The number of unbranched alkanes of at least 4 members (excludes halogenated alkanes) is 2. The second-order valence-corrected chi connectivity index (χ2v) is 5.38. The van der Waals surface area contributed by atoms with Gasteiger partial charge in [-0.25, -0.2) is 0 Å². The second-order valence-electron chi connectivity index (χ2n) is 5.38. The standard InChI is InChI=1S/C20H24O2/c1-2-10-19-17(12-9-15-20(19)21)11-5-4-8-16-22-18-13-6-3-7-14-18/h2-3,6-7,9,12-15,21H,1,4-5,8,10-11,16H2. The number of para-hydroxylation sites is 1. The van der Waals surface area contributed by atoms with Crippen molar-refractivity contribution in [3.63, 3.8) is 0 Å². The fourth-order valence-corrected chi connectivity index (χ4v) is 2.54. The van der Waals surface area contributed by atoms with E-state index in [1.807, 2.05) is 42.5 Å². The van der Waals surface area contributed by atoms with Crippen LogP contribution in [0.2, 0.25) is 0 Å². The lowest BCUT2D eigenvalue weighted by atomic mass is 9.98. The molecule has 2 nitrogen and oxygen atoms in total. The Morgan fingerprint density at radius 2 is 1.77 bits per heavy atom. The molecule has 22 heavy (non-hydrogen) atoms. The van der Waals surface area contributed by atoms with Crippen LogP contribution in [-0.4, -0.2) is 11.7 Å². The van der Waals surface area contributed by atoms with Crippen molar-refractivity contribution in [2.75, 3.05) is 6.61 Å². The van der Waals surface area contributed by atoms with Gasteiger partial charge < -0.3 is 9.84 Å². The molecule has 2 aromatic carbocycles. The van der Waals surface area contributed by atoms with Gasteiger partial charge in [0.25, 0.3) is 0 Å². The van der Waals surface area contributed by atoms with Crippen LogP contribution in [0.15, 0.2) is 61.2 Å². The van der Waals surface area contributed by atoms with Gasteiger partial charge in [0.15, 0.2) is 0 Å². The van der Waals surface area contributed by atoms with Crippen LogP contribution in [0.5, 0.6) is 11.5 Å². The van der Waals surface area contributed by atoms with Crippen LogP contribution < -0.4 is 4.74 Å². The maximum absolute atomic E-state index is 9.92. The van der Waals surface area contributed by atoms with Crippen molar-refractivity contribution in [3.8, 4) is 11.5 Å². The van der Waals surface area contributed by atoms with E-state index in [-0.39, 0.29) is 0 Å². The van der Waals surface area contributed by atoms with Crippen molar-refractivity contribution in [1.29, 1.82) is 0 Å². The van der Waals surface area contributed by atoms with E-state index in [0.717, 1.165) is 50.0 Å². The van der Waals surface area contributed by atoms with Crippen LogP contribution in [-0.2, 0) is 12.8 Å². The highest BCUT2D eigenvalue weighted by molar-refractivity contribution is 5.40. The first-order valence-electron chi connectivity index (χ1n) is 7.89. The molecule has 0 aliphatic heterocycles. The van der Waals surface area contributed by atoms with Crippen LogP contribution in [0.1, 0.15) is 30.4 Å². The molecular formula is C20H24O2. The predicted molar refractivity (Wildman–Crippen MR) is 91.5 cm³/mol. The molecule has 0 spiro atoms. The Hall–Kier alpha value is -2.22. The van der Waals surface area contributed by atoms with Crippen molar-refractivity contribution in [1.82, 2.24) is 0 Å². The summed E-state index contributed by atoms with van der Waals surface area (Å²) in [6.45, 7) is 4.51. The van der Waals surface area contributed by atoms with Crippen LogP contribution in [0.3, 0.4) is 0 Å². The minimum Gasteiger partial charge on any atom is -0.508 e. The molecule has 0 aromatic heterocycles. The smallest absolute Gasteiger partial charge is 0.119 e. The van der Waals surface area contributed by atoms with Crippen molar-refractivity contribution >= 4 is 0 Å². The summed E-state index contributed by atoms with van der Waals surface area (Å²) >= 11 is 0. The van der Waals surface area contributed by atoms with E-state index in [1.165, 1.54) is 5.56 Å². The number of phenolic OH excluding ortho intramolecular Hbond substituents is 1. The first kappa shape index (κ1) is 16.2. The molecule has 1 N–H and O–H groups in total. The Bertz CT molecular complexity index is 576. The van der Waals surface area contributed by atoms with Gasteiger partial charge in [0, 0.05) is 5.56 Å². The average molecular weight is 296 g/mol. The van der Waals surface area contributed by atoms with Crippen LogP contribution in [0.4, 0.5) is 0 Å². The van der Waals surface area contributed by atoms with Crippen LogP contribution in [0.25, 0.3) is 0 Å². The zero-order valence-electron chi connectivity index (χ0n) is 13.0. The summed E-state index contributed by atoms with van der Waals surface area (Å²) in [4.78, 5) is 0. The molecule has 0 heterocycles. The van der Waals surface area contributed by atoms with Crippen molar-refractivity contribution in [3.05, 3.63) is 72.3 Å².